The lowest BCUT2D eigenvalue weighted by molar-refractivity contribution is 0.325. The van der Waals surface area contributed by atoms with Gasteiger partial charge in [0.15, 0.2) is 11.5 Å². The van der Waals surface area contributed by atoms with Gasteiger partial charge in [0, 0.05) is 18.7 Å². The quantitative estimate of drug-likeness (QED) is 0.615. The number of ether oxygens (including phenoxy) is 3. The van der Waals surface area contributed by atoms with Crippen LogP contribution in [0.4, 0.5) is 0 Å². The summed E-state index contributed by atoms with van der Waals surface area (Å²) in [6.45, 7) is 9.38. The molecule has 2 aromatic carbocycles. The third-order valence-electron chi connectivity index (χ3n) is 4.25. The monoisotopic (exact) mass is 353 g/mol. The Hall–Kier alpha value is -2.72. The number of benzene rings is 2. The summed E-state index contributed by atoms with van der Waals surface area (Å²) in [5.41, 5.74) is 4.14. The molecule has 4 heteroatoms. The molecule has 0 fully saturated rings. The Balaban J connectivity index is 2.72. The molecule has 0 bridgehead atoms. The average molecular weight is 353 g/mol. The Morgan fingerprint density at radius 2 is 1.69 bits per heavy atom. The molecule has 0 radical (unpaired) electrons. The van der Waals surface area contributed by atoms with Crippen LogP contribution in [-0.2, 0) is 6.54 Å². The second-order valence-electron chi connectivity index (χ2n) is 5.96. The second-order valence-corrected chi connectivity index (χ2v) is 5.96. The van der Waals surface area contributed by atoms with Crippen LogP contribution in [0.15, 0.2) is 49.6 Å². The molecule has 0 amide bonds. The SMILES string of the molecule is C=CCN(C)Cc1ccccc1-c1c(C=C)cc(OC)c(OC)c1OC. The van der Waals surface area contributed by atoms with Crippen LogP contribution in [-0.4, -0.2) is 39.8 Å². The van der Waals surface area contributed by atoms with Gasteiger partial charge < -0.3 is 14.2 Å². The van der Waals surface area contributed by atoms with Gasteiger partial charge in [-0.1, -0.05) is 43.0 Å². The first-order valence-electron chi connectivity index (χ1n) is 8.44. The smallest absolute Gasteiger partial charge is 0.203 e. The van der Waals surface area contributed by atoms with E-state index in [1.807, 2.05) is 30.4 Å². The van der Waals surface area contributed by atoms with Crippen LogP contribution in [0, 0.1) is 0 Å². The molecule has 0 heterocycles. The zero-order valence-electron chi connectivity index (χ0n) is 16.0. The molecule has 0 saturated carbocycles. The fourth-order valence-corrected chi connectivity index (χ4v) is 3.09. The molecule has 0 aliphatic carbocycles. The van der Waals surface area contributed by atoms with Gasteiger partial charge in [0.05, 0.1) is 21.3 Å². The molecule has 0 saturated heterocycles. The highest BCUT2D eigenvalue weighted by molar-refractivity contribution is 5.86. The summed E-state index contributed by atoms with van der Waals surface area (Å²) in [6, 6.07) is 10.2. The van der Waals surface area contributed by atoms with E-state index >= 15 is 0 Å². The van der Waals surface area contributed by atoms with Crippen LogP contribution >= 0.6 is 0 Å². The number of hydrogen-bond donors (Lipinski definition) is 0. The lowest BCUT2D eigenvalue weighted by atomic mass is 9.93. The Labute approximate surface area is 156 Å². The van der Waals surface area contributed by atoms with E-state index in [0.29, 0.717) is 17.2 Å². The highest BCUT2D eigenvalue weighted by Crippen LogP contribution is 2.47. The zero-order valence-corrected chi connectivity index (χ0v) is 16.0. The molecule has 0 aromatic heterocycles. The molecule has 2 aromatic rings. The van der Waals surface area contributed by atoms with Gasteiger partial charge in [-0.25, -0.2) is 0 Å². The maximum Gasteiger partial charge on any atom is 0.203 e. The molecule has 0 aliphatic rings. The second kappa shape index (κ2) is 9.11. The molecule has 2 rings (SSSR count). The predicted octanol–water partition coefficient (Wildman–Crippen LogP) is 4.64. The Kier molecular flexibility index (Phi) is 6.87. The molecular weight excluding hydrogens is 326 g/mol. The van der Waals surface area contributed by atoms with E-state index in [1.165, 1.54) is 5.56 Å². The number of rotatable bonds is 9. The molecular formula is C22H27NO3. The number of hydrogen-bond acceptors (Lipinski definition) is 4. The van der Waals surface area contributed by atoms with Crippen molar-refractivity contribution in [3.8, 4) is 28.4 Å². The van der Waals surface area contributed by atoms with Crippen LogP contribution < -0.4 is 14.2 Å². The van der Waals surface area contributed by atoms with E-state index in [4.69, 9.17) is 14.2 Å². The van der Waals surface area contributed by atoms with Crippen molar-refractivity contribution in [3.63, 3.8) is 0 Å². The summed E-state index contributed by atoms with van der Waals surface area (Å²) < 4.78 is 16.8. The van der Waals surface area contributed by atoms with Gasteiger partial charge in [-0.05, 0) is 29.8 Å². The standard InChI is InChI=1S/C22H27NO3/c1-7-13-23(3)15-17-11-9-10-12-18(17)20-16(8-2)14-19(24-4)21(25-5)22(20)26-6/h7-12,14H,1-2,13,15H2,3-6H3. The summed E-state index contributed by atoms with van der Waals surface area (Å²) in [6.07, 6.45) is 3.71. The molecule has 0 atom stereocenters. The number of nitrogens with zero attached hydrogens (tertiary/aromatic N) is 1. The highest BCUT2D eigenvalue weighted by Gasteiger charge is 2.22. The van der Waals surface area contributed by atoms with E-state index in [-0.39, 0.29) is 0 Å². The van der Waals surface area contributed by atoms with Crippen molar-refractivity contribution in [2.24, 2.45) is 0 Å². The summed E-state index contributed by atoms with van der Waals surface area (Å²) >= 11 is 0. The van der Waals surface area contributed by atoms with E-state index in [2.05, 4.69) is 37.2 Å². The Morgan fingerprint density at radius 1 is 1.00 bits per heavy atom. The van der Waals surface area contributed by atoms with E-state index < -0.39 is 0 Å². The van der Waals surface area contributed by atoms with E-state index in [0.717, 1.165) is 29.8 Å². The Morgan fingerprint density at radius 3 is 2.27 bits per heavy atom. The maximum atomic E-state index is 5.73. The zero-order chi connectivity index (χ0) is 19.1. The third-order valence-corrected chi connectivity index (χ3v) is 4.25. The van der Waals surface area contributed by atoms with E-state index in [9.17, 15) is 0 Å². The molecule has 138 valence electrons. The molecule has 0 aliphatic heterocycles. The molecule has 26 heavy (non-hydrogen) atoms. The van der Waals surface area contributed by atoms with Crippen LogP contribution in [0.25, 0.3) is 17.2 Å². The average Bonchev–Trinajstić information content (AvgIpc) is 2.66. The van der Waals surface area contributed by atoms with Crippen LogP contribution in [0.3, 0.4) is 0 Å². The van der Waals surface area contributed by atoms with Crippen molar-refractivity contribution >= 4 is 6.08 Å². The van der Waals surface area contributed by atoms with Gasteiger partial charge in [0.25, 0.3) is 0 Å². The molecule has 0 N–H and O–H groups in total. The van der Waals surface area contributed by atoms with Crippen LogP contribution in [0.5, 0.6) is 17.2 Å². The van der Waals surface area contributed by atoms with Crippen LogP contribution in [0.1, 0.15) is 11.1 Å². The van der Waals surface area contributed by atoms with Gasteiger partial charge in [-0.15, -0.1) is 6.58 Å². The van der Waals surface area contributed by atoms with Crippen molar-refractivity contribution in [2.75, 3.05) is 34.9 Å². The minimum absolute atomic E-state index is 0.574. The van der Waals surface area contributed by atoms with Crippen molar-refractivity contribution in [1.82, 2.24) is 4.90 Å². The first-order valence-corrected chi connectivity index (χ1v) is 8.44. The van der Waals surface area contributed by atoms with Crippen molar-refractivity contribution in [1.29, 1.82) is 0 Å². The first-order chi connectivity index (χ1) is 12.6. The van der Waals surface area contributed by atoms with Gasteiger partial charge >= 0.3 is 0 Å². The van der Waals surface area contributed by atoms with E-state index in [1.54, 1.807) is 21.3 Å². The summed E-state index contributed by atoms with van der Waals surface area (Å²) in [7, 11) is 6.93. The fourth-order valence-electron chi connectivity index (χ4n) is 3.09. The predicted molar refractivity (Wildman–Crippen MR) is 108 cm³/mol. The minimum atomic E-state index is 0.574. The number of methoxy groups -OCH3 is 3. The minimum Gasteiger partial charge on any atom is -0.493 e. The molecule has 4 nitrogen and oxygen atoms in total. The van der Waals surface area contributed by atoms with Crippen molar-refractivity contribution in [2.45, 2.75) is 6.54 Å². The van der Waals surface area contributed by atoms with Gasteiger partial charge in [-0.3, -0.25) is 4.90 Å². The van der Waals surface area contributed by atoms with Crippen molar-refractivity contribution < 1.29 is 14.2 Å². The largest absolute Gasteiger partial charge is 0.493 e. The topological polar surface area (TPSA) is 30.9 Å². The lowest BCUT2D eigenvalue weighted by Gasteiger charge is -2.22. The fraction of sp³-hybridized carbons (Fsp3) is 0.273. The lowest BCUT2D eigenvalue weighted by Crippen LogP contribution is -2.18. The van der Waals surface area contributed by atoms with Gasteiger partial charge in [-0.2, -0.15) is 0 Å². The Bertz CT molecular complexity index is 783. The molecule has 0 unspecified atom stereocenters. The summed E-state index contributed by atoms with van der Waals surface area (Å²) in [4.78, 5) is 2.20. The van der Waals surface area contributed by atoms with Crippen LogP contribution in [0.2, 0.25) is 0 Å². The summed E-state index contributed by atoms with van der Waals surface area (Å²) in [5, 5.41) is 0. The highest BCUT2D eigenvalue weighted by atomic mass is 16.5. The van der Waals surface area contributed by atoms with Crippen molar-refractivity contribution in [3.05, 3.63) is 60.7 Å². The van der Waals surface area contributed by atoms with Gasteiger partial charge in [0.1, 0.15) is 0 Å². The number of likely N-dealkylation sites (N-methyl/N-ethyl adjacent to an activating group) is 1. The summed E-state index contributed by atoms with van der Waals surface area (Å²) in [5.74, 6) is 1.83. The first kappa shape index (κ1) is 19.6. The van der Waals surface area contributed by atoms with Gasteiger partial charge in [0.2, 0.25) is 5.75 Å². The molecule has 0 spiro atoms. The normalized spacial score (nSPS) is 10.5. The maximum absolute atomic E-state index is 5.73. The third kappa shape index (κ3) is 3.92.